The average Bonchev–Trinajstić information content (AvgIpc) is 3.15. The van der Waals surface area contributed by atoms with Gasteiger partial charge in [-0.25, -0.2) is 15.0 Å². The number of hydrogen-bond acceptors (Lipinski definition) is 6. The number of halogens is 3. The van der Waals surface area contributed by atoms with Gasteiger partial charge in [-0.05, 0) is 0 Å². The molecule has 3 heterocycles. The van der Waals surface area contributed by atoms with Gasteiger partial charge >= 0.3 is 42.1 Å². The van der Waals surface area contributed by atoms with Crippen LogP contribution in [0.25, 0.3) is 0 Å². The molecule has 3 rings (SSSR count). The number of nitrogens with zero attached hydrogens (tertiary/aromatic N) is 9. The van der Waals surface area contributed by atoms with Gasteiger partial charge in [0.25, 0.3) is 0 Å². The third kappa shape index (κ3) is 15.3. The Kier molecular flexibility index (Phi) is 12.9. The third-order valence-electron chi connectivity index (χ3n) is 1.60. The molecule has 0 unspecified atom stereocenters. The van der Waals surface area contributed by atoms with Gasteiger partial charge in [-0.15, -0.1) is 0 Å². The molecular weight excluding hydrogens is 442 g/mol. The van der Waals surface area contributed by atoms with Crippen LogP contribution in [-0.2, 0) is 34.1 Å². The summed E-state index contributed by atoms with van der Waals surface area (Å²) >= 11 is -1.75. The van der Waals surface area contributed by atoms with Crippen LogP contribution in [0.15, 0.2) is 38.0 Å². The molecule has 3 aromatic heterocycles. The minimum atomic E-state index is -1.75. The Morgan fingerprint density at radius 1 is 0.636 bits per heavy atom. The third-order valence-corrected chi connectivity index (χ3v) is 1.60. The van der Waals surface area contributed by atoms with Gasteiger partial charge in [0.2, 0.25) is 0 Å². The van der Waals surface area contributed by atoms with Gasteiger partial charge in [-0.1, -0.05) is 0 Å². The van der Waals surface area contributed by atoms with Crippen molar-refractivity contribution in [2.24, 2.45) is 21.1 Å². The second-order valence-corrected chi connectivity index (χ2v) is 11.3. The fourth-order valence-electron chi connectivity index (χ4n) is 0.802. The van der Waals surface area contributed by atoms with Gasteiger partial charge in [0.1, 0.15) is 38.0 Å². The SMILES string of the molecule is Cn1cncn1.Cn1cncn1.Cn1cncn1.[Cl][Ru]([Cl])[Cl]. The van der Waals surface area contributed by atoms with Crippen molar-refractivity contribution in [3.63, 3.8) is 0 Å². The Morgan fingerprint density at radius 3 is 0.909 bits per heavy atom. The first kappa shape index (κ1) is 20.9. The van der Waals surface area contributed by atoms with E-state index in [1.807, 2.05) is 21.1 Å². The summed E-state index contributed by atoms with van der Waals surface area (Å²) in [6, 6.07) is 0. The number of rotatable bonds is 0. The molecule has 0 amide bonds. The minimum absolute atomic E-state index is 1.50. The van der Waals surface area contributed by atoms with Gasteiger partial charge in [0.05, 0.1) is 0 Å². The van der Waals surface area contributed by atoms with Crippen molar-refractivity contribution < 1.29 is 13.0 Å². The fourth-order valence-corrected chi connectivity index (χ4v) is 0.802. The van der Waals surface area contributed by atoms with E-state index in [1.54, 1.807) is 33.0 Å². The van der Waals surface area contributed by atoms with Crippen molar-refractivity contribution in [3.8, 4) is 0 Å². The van der Waals surface area contributed by atoms with E-state index in [0.717, 1.165) is 0 Å². The van der Waals surface area contributed by atoms with E-state index in [0.29, 0.717) is 0 Å². The van der Waals surface area contributed by atoms with Crippen molar-refractivity contribution in [2.75, 3.05) is 0 Å². The summed E-state index contributed by atoms with van der Waals surface area (Å²) in [5.41, 5.74) is 0. The first-order chi connectivity index (χ1) is 10.4. The van der Waals surface area contributed by atoms with Crippen LogP contribution in [0, 0.1) is 0 Å². The van der Waals surface area contributed by atoms with E-state index in [2.05, 4.69) is 30.2 Å². The predicted molar refractivity (Wildman–Crippen MR) is 80.6 cm³/mol. The Balaban J connectivity index is 0.000000271. The summed E-state index contributed by atoms with van der Waals surface area (Å²) < 4.78 is 4.92. The molecule has 0 spiro atoms. The molecule has 0 aliphatic carbocycles. The molecule has 125 valence electrons. The molecule has 0 atom stereocenters. The quantitative estimate of drug-likeness (QED) is 0.476. The van der Waals surface area contributed by atoms with Crippen LogP contribution in [0.4, 0.5) is 0 Å². The molecule has 0 saturated heterocycles. The van der Waals surface area contributed by atoms with Crippen molar-refractivity contribution in [3.05, 3.63) is 38.0 Å². The molecule has 0 saturated carbocycles. The Hall–Kier alpha value is -1.09. The van der Waals surface area contributed by atoms with E-state index < -0.39 is 13.0 Å². The van der Waals surface area contributed by atoms with Gasteiger partial charge in [-0.3, -0.25) is 14.0 Å². The van der Waals surface area contributed by atoms with Gasteiger partial charge in [0.15, 0.2) is 0 Å². The number of hydrogen-bond donors (Lipinski definition) is 0. The second kappa shape index (κ2) is 13.6. The van der Waals surface area contributed by atoms with Crippen LogP contribution in [0.1, 0.15) is 0 Å². The Labute approximate surface area is 145 Å². The topological polar surface area (TPSA) is 92.1 Å². The molecule has 13 heteroatoms. The van der Waals surface area contributed by atoms with E-state index >= 15 is 0 Å². The van der Waals surface area contributed by atoms with Crippen LogP contribution < -0.4 is 0 Å². The molecular formula is C9H15Cl3N9Ru. The van der Waals surface area contributed by atoms with E-state index in [4.69, 9.17) is 29.1 Å². The van der Waals surface area contributed by atoms with E-state index in [1.165, 1.54) is 19.0 Å². The van der Waals surface area contributed by atoms with Crippen LogP contribution in [0.5, 0.6) is 0 Å². The summed E-state index contributed by atoms with van der Waals surface area (Å²) in [4.78, 5) is 11.0. The summed E-state index contributed by atoms with van der Waals surface area (Å²) in [5, 5.41) is 11.2. The average molecular weight is 457 g/mol. The summed E-state index contributed by atoms with van der Waals surface area (Å²) in [6.07, 6.45) is 9.42. The summed E-state index contributed by atoms with van der Waals surface area (Å²) in [7, 11) is 20.3. The zero-order valence-electron chi connectivity index (χ0n) is 12.0. The number of aryl methyl sites for hydroxylation is 3. The second-order valence-electron chi connectivity index (χ2n) is 3.36. The maximum atomic E-state index is 4.95. The summed E-state index contributed by atoms with van der Waals surface area (Å²) in [5.74, 6) is 0. The molecule has 0 aliphatic rings. The van der Waals surface area contributed by atoms with Crippen molar-refractivity contribution in [1.82, 2.24) is 44.3 Å². The molecule has 22 heavy (non-hydrogen) atoms. The molecule has 0 aromatic carbocycles. The van der Waals surface area contributed by atoms with Gasteiger partial charge in [-0.2, -0.15) is 15.3 Å². The molecule has 0 radical (unpaired) electrons. The van der Waals surface area contributed by atoms with Crippen LogP contribution in [0.3, 0.4) is 0 Å². The Morgan fingerprint density at radius 2 is 0.864 bits per heavy atom. The maximum absolute atomic E-state index is 4.95. The number of aromatic nitrogens is 9. The normalized spacial score (nSPS) is 9.27. The molecule has 9 nitrogen and oxygen atoms in total. The standard InChI is InChI=1S/3C3H5N3.3ClH.Ru/c3*1-6-3-4-2-5-6;;;;/h3*2-3H,1H3;3*1H;/q;;;;;;+3/p-3. The van der Waals surface area contributed by atoms with Crippen molar-refractivity contribution in [1.29, 1.82) is 0 Å². The molecule has 0 fully saturated rings. The van der Waals surface area contributed by atoms with Crippen molar-refractivity contribution >= 4 is 29.1 Å². The fraction of sp³-hybridized carbons (Fsp3) is 0.333. The van der Waals surface area contributed by atoms with Crippen LogP contribution in [-0.4, -0.2) is 44.3 Å². The molecule has 0 bridgehead atoms. The zero-order chi connectivity index (χ0) is 16.8. The van der Waals surface area contributed by atoms with Crippen LogP contribution in [0.2, 0.25) is 0 Å². The predicted octanol–water partition coefficient (Wildman–Crippen LogP) is 1.51. The van der Waals surface area contributed by atoms with Crippen LogP contribution >= 0.6 is 29.1 Å². The van der Waals surface area contributed by atoms with E-state index in [-0.39, 0.29) is 0 Å². The molecule has 3 aromatic rings. The molecule has 0 N–H and O–H groups in total. The zero-order valence-corrected chi connectivity index (χ0v) is 16.0. The Bertz CT molecular complexity index is 462. The monoisotopic (exact) mass is 456 g/mol. The molecule has 0 aliphatic heterocycles. The van der Waals surface area contributed by atoms with Crippen molar-refractivity contribution in [2.45, 2.75) is 0 Å². The first-order valence-corrected chi connectivity index (χ1v) is 12.2. The summed E-state index contributed by atoms with van der Waals surface area (Å²) in [6.45, 7) is 0. The van der Waals surface area contributed by atoms with Gasteiger partial charge < -0.3 is 0 Å². The van der Waals surface area contributed by atoms with Gasteiger partial charge in [0, 0.05) is 21.1 Å². The first-order valence-electron chi connectivity index (χ1n) is 5.44. The van der Waals surface area contributed by atoms with E-state index in [9.17, 15) is 0 Å².